The van der Waals surface area contributed by atoms with Crippen LogP contribution in [0.2, 0.25) is 0 Å². The van der Waals surface area contributed by atoms with Crippen LogP contribution in [0.25, 0.3) is 16.6 Å². The highest BCUT2D eigenvalue weighted by atomic mass is 32.2. The Balaban J connectivity index is 1.39. The Morgan fingerprint density at radius 2 is 1.75 bits per heavy atom. The highest BCUT2D eigenvalue weighted by Crippen LogP contribution is 2.27. The van der Waals surface area contributed by atoms with E-state index in [0.717, 1.165) is 12.0 Å². The van der Waals surface area contributed by atoms with Gasteiger partial charge in [-0.2, -0.15) is 0 Å². The van der Waals surface area contributed by atoms with Crippen molar-refractivity contribution in [2.24, 2.45) is 0 Å². The molecule has 0 atom stereocenters. The van der Waals surface area contributed by atoms with Gasteiger partial charge in [0.15, 0.2) is 5.16 Å². The first kappa shape index (κ1) is 25.9. The molecule has 200 valence electrons. The summed E-state index contributed by atoms with van der Waals surface area (Å²) in [6.45, 7) is 3.30. The third kappa shape index (κ3) is 5.12. The number of aromatic nitrogens is 2. The number of fused-ring (bicyclic) bond motifs is 2. The zero-order valence-corrected chi connectivity index (χ0v) is 23.3. The number of hydrogen-bond donors (Lipinski definition) is 0. The number of aryl methyl sites for hydroxylation is 1. The van der Waals surface area contributed by atoms with Gasteiger partial charge < -0.3 is 9.64 Å². The van der Waals surface area contributed by atoms with Crippen LogP contribution in [0.1, 0.15) is 32.6 Å². The first-order valence-electron chi connectivity index (χ1n) is 13.3. The van der Waals surface area contributed by atoms with Crippen molar-refractivity contribution >= 4 is 28.6 Å². The van der Waals surface area contributed by atoms with Gasteiger partial charge in [0.05, 0.1) is 23.7 Å². The molecule has 0 saturated heterocycles. The average Bonchev–Trinajstić information content (AvgIpc) is 3.00. The summed E-state index contributed by atoms with van der Waals surface area (Å²) in [6.07, 6.45) is 0.832. The maximum absolute atomic E-state index is 13.9. The van der Waals surface area contributed by atoms with E-state index in [1.807, 2.05) is 41.3 Å². The molecule has 0 radical (unpaired) electrons. The van der Waals surface area contributed by atoms with Crippen LogP contribution in [0.3, 0.4) is 0 Å². The van der Waals surface area contributed by atoms with Crippen molar-refractivity contribution in [2.45, 2.75) is 30.8 Å². The lowest BCUT2D eigenvalue weighted by atomic mass is 9.99. The molecule has 0 unspecified atom stereocenters. The van der Waals surface area contributed by atoms with Crippen LogP contribution in [-0.2, 0) is 18.7 Å². The summed E-state index contributed by atoms with van der Waals surface area (Å²) < 4.78 is 7.05. The number of carbonyl (C=O) groups excluding carboxylic acids is 1. The van der Waals surface area contributed by atoms with Crippen molar-refractivity contribution in [3.63, 3.8) is 0 Å². The van der Waals surface area contributed by atoms with Gasteiger partial charge in [0.2, 0.25) is 0 Å². The van der Waals surface area contributed by atoms with E-state index in [1.54, 1.807) is 29.9 Å². The molecule has 0 saturated carbocycles. The maximum atomic E-state index is 13.9. The Labute approximate surface area is 237 Å². The molecule has 1 aliphatic rings. The predicted molar refractivity (Wildman–Crippen MR) is 160 cm³/mol. The topological polar surface area (TPSA) is 64.4 Å². The molecule has 0 fully saturated rings. The predicted octanol–water partition coefficient (Wildman–Crippen LogP) is 6.19. The van der Waals surface area contributed by atoms with Crippen LogP contribution < -0.4 is 10.3 Å². The van der Waals surface area contributed by atoms with Crippen molar-refractivity contribution < 1.29 is 9.53 Å². The van der Waals surface area contributed by atoms with Gasteiger partial charge in [0.25, 0.3) is 11.5 Å². The third-order valence-corrected chi connectivity index (χ3v) is 8.31. The van der Waals surface area contributed by atoms with Crippen LogP contribution in [0, 0.1) is 6.92 Å². The monoisotopic (exact) mass is 547 g/mol. The van der Waals surface area contributed by atoms with Crippen LogP contribution in [-0.4, -0.2) is 34.0 Å². The van der Waals surface area contributed by atoms with Crippen LogP contribution in [0.4, 0.5) is 0 Å². The first-order valence-corrected chi connectivity index (χ1v) is 14.2. The zero-order valence-electron chi connectivity index (χ0n) is 22.5. The van der Waals surface area contributed by atoms with Crippen molar-refractivity contribution in [2.75, 3.05) is 13.7 Å². The Kier molecular flexibility index (Phi) is 7.13. The molecular weight excluding hydrogens is 518 g/mol. The Bertz CT molecular complexity index is 1780. The number of methoxy groups -OCH3 is 1. The standard InChI is InChI=1S/C33H29N3O3S/c1-22-10-12-23(13-11-22)21-40-33-34-30-18-25(31(37)35-17-16-24-6-3-4-7-26(24)20-35)14-15-29(30)32(38)36(33)27-8-5-9-28(19-27)39-2/h3-15,18-19H,16-17,20-21H2,1-2H3. The van der Waals surface area contributed by atoms with Crippen LogP contribution >= 0.6 is 11.8 Å². The maximum Gasteiger partial charge on any atom is 0.266 e. The molecule has 1 amide bonds. The fraction of sp³-hybridized carbons (Fsp3) is 0.182. The second kappa shape index (κ2) is 11.0. The van der Waals surface area contributed by atoms with Gasteiger partial charge in [-0.25, -0.2) is 4.98 Å². The molecule has 1 aliphatic heterocycles. The number of benzene rings is 4. The van der Waals surface area contributed by atoms with E-state index < -0.39 is 0 Å². The summed E-state index contributed by atoms with van der Waals surface area (Å²) in [5.41, 5.74) is 6.34. The number of nitrogens with zero attached hydrogens (tertiary/aromatic N) is 3. The van der Waals surface area contributed by atoms with Gasteiger partial charge in [0.1, 0.15) is 5.75 Å². The molecule has 0 spiro atoms. The molecule has 0 aliphatic carbocycles. The summed E-state index contributed by atoms with van der Waals surface area (Å²) >= 11 is 1.49. The third-order valence-electron chi connectivity index (χ3n) is 7.30. The summed E-state index contributed by atoms with van der Waals surface area (Å²) in [4.78, 5) is 34.2. The minimum Gasteiger partial charge on any atom is -0.497 e. The van der Waals surface area contributed by atoms with Gasteiger partial charge >= 0.3 is 0 Å². The normalized spacial score (nSPS) is 12.8. The smallest absolute Gasteiger partial charge is 0.266 e. The number of thioether (sulfide) groups is 1. The summed E-state index contributed by atoms with van der Waals surface area (Å²) in [5, 5.41) is 1.02. The molecule has 6 rings (SSSR count). The first-order chi connectivity index (χ1) is 19.5. The molecule has 2 heterocycles. The van der Waals surface area contributed by atoms with Gasteiger partial charge in [-0.15, -0.1) is 0 Å². The minimum absolute atomic E-state index is 0.0518. The van der Waals surface area contributed by atoms with Crippen LogP contribution in [0.5, 0.6) is 5.75 Å². The van der Waals surface area contributed by atoms with E-state index in [1.165, 1.54) is 28.5 Å². The van der Waals surface area contributed by atoms with Crippen molar-refractivity contribution in [1.82, 2.24) is 14.5 Å². The lowest BCUT2D eigenvalue weighted by Crippen LogP contribution is -2.36. The van der Waals surface area contributed by atoms with Crippen molar-refractivity contribution in [1.29, 1.82) is 0 Å². The van der Waals surface area contributed by atoms with E-state index in [0.29, 0.717) is 51.9 Å². The van der Waals surface area contributed by atoms with Crippen molar-refractivity contribution in [3.05, 3.63) is 129 Å². The fourth-order valence-corrected chi connectivity index (χ4v) is 6.02. The summed E-state index contributed by atoms with van der Waals surface area (Å²) in [5.74, 6) is 1.25. The number of amides is 1. The van der Waals surface area contributed by atoms with Crippen LogP contribution in [0.15, 0.2) is 101 Å². The number of carbonyl (C=O) groups is 1. The highest BCUT2D eigenvalue weighted by molar-refractivity contribution is 7.98. The SMILES string of the molecule is COc1cccc(-n2c(SCc3ccc(C)cc3)nc3cc(C(=O)N4CCc5ccccc5C4)ccc3c2=O)c1. The lowest BCUT2D eigenvalue weighted by molar-refractivity contribution is 0.0735. The van der Waals surface area contributed by atoms with Gasteiger partial charge in [-0.1, -0.05) is 71.9 Å². The molecular formula is C33H29N3O3S. The molecule has 7 heteroatoms. The minimum atomic E-state index is -0.185. The second-order valence-corrected chi connectivity index (χ2v) is 10.9. The summed E-state index contributed by atoms with van der Waals surface area (Å²) in [7, 11) is 1.60. The molecule has 6 nitrogen and oxygen atoms in total. The van der Waals surface area contributed by atoms with Gasteiger partial charge in [-0.05, 0) is 60.4 Å². The molecule has 40 heavy (non-hydrogen) atoms. The zero-order chi connectivity index (χ0) is 27.6. The van der Waals surface area contributed by atoms with E-state index in [9.17, 15) is 9.59 Å². The fourth-order valence-electron chi connectivity index (χ4n) is 5.06. The molecule has 0 N–H and O–H groups in total. The number of rotatable bonds is 6. The molecule has 5 aromatic rings. The Hall–Kier alpha value is -4.36. The lowest BCUT2D eigenvalue weighted by Gasteiger charge is -2.29. The summed E-state index contributed by atoms with van der Waals surface area (Å²) in [6, 6.07) is 29.2. The van der Waals surface area contributed by atoms with E-state index in [-0.39, 0.29) is 11.5 Å². The second-order valence-electron chi connectivity index (χ2n) is 9.99. The van der Waals surface area contributed by atoms with Gasteiger partial charge in [0, 0.05) is 30.5 Å². The molecule has 0 bridgehead atoms. The van der Waals surface area contributed by atoms with E-state index >= 15 is 0 Å². The molecule has 4 aromatic carbocycles. The quantitative estimate of drug-likeness (QED) is 0.187. The average molecular weight is 548 g/mol. The highest BCUT2D eigenvalue weighted by Gasteiger charge is 2.23. The largest absolute Gasteiger partial charge is 0.497 e. The van der Waals surface area contributed by atoms with E-state index in [2.05, 4.69) is 43.3 Å². The Morgan fingerprint density at radius 3 is 2.55 bits per heavy atom. The number of hydrogen-bond acceptors (Lipinski definition) is 5. The van der Waals surface area contributed by atoms with Gasteiger partial charge in [-0.3, -0.25) is 14.2 Å². The van der Waals surface area contributed by atoms with Crippen molar-refractivity contribution in [3.8, 4) is 11.4 Å². The molecule has 1 aromatic heterocycles. The number of ether oxygens (including phenoxy) is 1. The van der Waals surface area contributed by atoms with E-state index in [4.69, 9.17) is 9.72 Å². The Morgan fingerprint density at radius 1 is 0.950 bits per heavy atom.